The van der Waals surface area contributed by atoms with Crippen molar-refractivity contribution in [2.45, 2.75) is 19.3 Å². The summed E-state index contributed by atoms with van der Waals surface area (Å²) in [5.41, 5.74) is 15.0. The topological polar surface area (TPSA) is 32.8 Å². The first-order valence-corrected chi connectivity index (χ1v) is 23.1. The molecule has 0 saturated carbocycles. The molecule has 0 saturated heterocycles. The molecule has 0 radical (unpaired) electrons. The van der Waals surface area contributed by atoms with Crippen LogP contribution in [0.25, 0.3) is 87.3 Å². The minimum Gasteiger partial charge on any atom is -0.456 e. The molecule has 0 spiro atoms. The van der Waals surface area contributed by atoms with Crippen LogP contribution in [0.15, 0.2) is 227 Å². The van der Waals surface area contributed by atoms with E-state index >= 15 is 0 Å². The third kappa shape index (κ3) is 5.41. The van der Waals surface area contributed by atoms with Gasteiger partial charge in [0, 0.05) is 38.6 Å². The number of hydrogen-bond acceptors (Lipinski definition) is 4. The Morgan fingerprint density at radius 3 is 1.42 bits per heavy atom. The van der Waals surface area contributed by atoms with Crippen molar-refractivity contribution in [3.05, 3.63) is 230 Å². The molecule has 0 bridgehead atoms. The Hall–Kier alpha value is -8.60. The van der Waals surface area contributed by atoms with Gasteiger partial charge in [-0.05, 0) is 128 Å². The summed E-state index contributed by atoms with van der Waals surface area (Å²) in [6, 6.07) is 78.8. The highest BCUT2D eigenvalue weighted by Gasteiger charge is 2.41. The maximum absolute atomic E-state index is 6.51. The number of fused-ring (bicyclic) bond motifs is 16. The monoisotopic (exact) mass is 858 g/mol. The molecule has 0 amide bonds. The summed E-state index contributed by atoms with van der Waals surface area (Å²) in [7, 11) is 0. The zero-order valence-corrected chi connectivity index (χ0v) is 37.0. The molecule has 67 heavy (non-hydrogen) atoms. The molecule has 2 heterocycles. The van der Waals surface area contributed by atoms with Crippen LogP contribution in [0.2, 0.25) is 0 Å². The van der Waals surface area contributed by atoms with Crippen LogP contribution in [-0.4, -0.2) is 0 Å². The number of nitrogens with zero attached hydrogens (tertiary/aromatic N) is 2. The second kappa shape index (κ2) is 14.2. The lowest BCUT2D eigenvalue weighted by Crippen LogP contribution is -2.17. The number of hydrogen-bond donors (Lipinski definition) is 0. The maximum Gasteiger partial charge on any atom is 0.137 e. The van der Waals surface area contributed by atoms with E-state index in [1.54, 1.807) is 0 Å². The van der Waals surface area contributed by atoms with Gasteiger partial charge in [-0.15, -0.1) is 0 Å². The first-order chi connectivity index (χ1) is 33.0. The van der Waals surface area contributed by atoms with Gasteiger partial charge in [0.25, 0.3) is 0 Å². The molecule has 0 fully saturated rings. The third-order valence-electron chi connectivity index (χ3n) is 14.3. The Morgan fingerprint density at radius 2 is 0.791 bits per heavy atom. The fourth-order valence-corrected chi connectivity index (χ4v) is 11.7. The first-order valence-electron chi connectivity index (χ1n) is 23.1. The van der Waals surface area contributed by atoms with Crippen LogP contribution in [0, 0.1) is 0 Å². The van der Waals surface area contributed by atoms with E-state index in [0.29, 0.717) is 0 Å². The normalized spacial score (nSPS) is 13.0. The van der Waals surface area contributed by atoms with Gasteiger partial charge < -0.3 is 18.6 Å². The van der Waals surface area contributed by atoms with Crippen LogP contribution in [-0.2, 0) is 5.41 Å². The third-order valence-corrected chi connectivity index (χ3v) is 14.3. The molecule has 0 atom stereocenters. The molecule has 4 heteroatoms. The van der Waals surface area contributed by atoms with E-state index in [1.165, 1.54) is 54.6 Å². The van der Waals surface area contributed by atoms with E-state index in [1.807, 2.05) is 12.1 Å². The zero-order chi connectivity index (χ0) is 44.4. The van der Waals surface area contributed by atoms with Gasteiger partial charge in [0.2, 0.25) is 0 Å². The van der Waals surface area contributed by atoms with Crippen molar-refractivity contribution in [2.24, 2.45) is 0 Å². The molecule has 0 unspecified atom stereocenters. The van der Waals surface area contributed by atoms with Crippen molar-refractivity contribution >= 4 is 110 Å². The lowest BCUT2D eigenvalue weighted by atomic mass is 9.77. The Bertz CT molecular complexity index is 4140. The van der Waals surface area contributed by atoms with Crippen molar-refractivity contribution < 1.29 is 8.83 Å². The lowest BCUT2D eigenvalue weighted by Gasteiger charge is -2.30. The fourth-order valence-electron chi connectivity index (χ4n) is 11.7. The largest absolute Gasteiger partial charge is 0.456 e. The smallest absolute Gasteiger partial charge is 0.137 e. The van der Waals surface area contributed by atoms with E-state index < -0.39 is 0 Å². The molecule has 316 valence electrons. The lowest BCUT2D eigenvalue weighted by molar-refractivity contribution is 0.668. The quantitative estimate of drug-likeness (QED) is 0.156. The second-order valence-electron chi connectivity index (χ2n) is 18.4. The summed E-state index contributed by atoms with van der Waals surface area (Å²) >= 11 is 0. The Kier molecular flexibility index (Phi) is 8.00. The van der Waals surface area contributed by atoms with Crippen LogP contribution in [0.3, 0.4) is 0 Å². The summed E-state index contributed by atoms with van der Waals surface area (Å²) in [5.74, 6) is 0. The van der Waals surface area contributed by atoms with Gasteiger partial charge >= 0.3 is 0 Å². The highest BCUT2D eigenvalue weighted by Crippen LogP contribution is 2.59. The van der Waals surface area contributed by atoms with Gasteiger partial charge in [-0.1, -0.05) is 153 Å². The summed E-state index contributed by atoms with van der Waals surface area (Å²) in [6.45, 7) is 4.86. The Labute approximate surface area is 387 Å². The predicted molar refractivity (Wildman–Crippen MR) is 280 cm³/mol. The molecule has 1 aliphatic carbocycles. The summed E-state index contributed by atoms with van der Waals surface area (Å²) in [4.78, 5) is 4.85. The average molecular weight is 859 g/mol. The van der Waals surface area contributed by atoms with E-state index in [9.17, 15) is 0 Å². The Balaban J connectivity index is 1.04. The standard InChI is InChI=1S/C63H42N2O2/c1-63(2)61-45-26-12-10-24-43(45)53(65(40-21-7-4-8-22-40)52-30-18-34-57-60(52)48-28-14-16-32-55(48)67-57)38-50(61)58-44-25-11-9-23-42(44)49-37-41(35-36-46(49)62(58)63)64(39-19-5-3-6-20-39)51-29-17-33-56-59(51)47-27-13-15-31-54(47)66-56/h3-38H,1-2H3. The molecular formula is C63H42N2O2. The van der Waals surface area contributed by atoms with Crippen LogP contribution >= 0.6 is 0 Å². The summed E-state index contributed by atoms with van der Waals surface area (Å²) in [5, 5.41) is 11.8. The minimum absolute atomic E-state index is 0.342. The maximum atomic E-state index is 6.51. The fraction of sp³-hybridized carbons (Fsp3) is 0.0476. The van der Waals surface area contributed by atoms with Gasteiger partial charge in [-0.2, -0.15) is 0 Å². The molecule has 4 nitrogen and oxygen atoms in total. The van der Waals surface area contributed by atoms with E-state index in [-0.39, 0.29) is 5.41 Å². The van der Waals surface area contributed by atoms with Crippen molar-refractivity contribution in [3.8, 4) is 11.1 Å². The van der Waals surface area contributed by atoms with Crippen molar-refractivity contribution in [3.63, 3.8) is 0 Å². The van der Waals surface area contributed by atoms with Crippen molar-refractivity contribution in [2.75, 3.05) is 9.80 Å². The number of furan rings is 2. The van der Waals surface area contributed by atoms with Crippen molar-refractivity contribution in [1.29, 1.82) is 0 Å². The van der Waals surface area contributed by atoms with Gasteiger partial charge in [0.1, 0.15) is 22.3 Å². The SMILES string of the molecule is CC1(C)c2c(cc(N(c3ccccc3)c3cccc4oc5ccccc5c34)c3ccccc23)-c2c1c1ccc(N(c3ccccc3)c3cccc4oc5ccccc5c34)cc1c1ccccc21. The van der Waals surface area contributed by atoms with E-state index in [2.05, 4.69) is 230 Å². The molecule has 14 rings (SSSR count). The summed E-state index contributed by atoms with van der Waals surface area (Å²) < 4.78 is 13.0. The Morgan fingerprint density at radius 1 is 0.313 bits per heavy atom. The average Bonchev–Trinajstić information content (AvgIpc) is 4.03. The van der Waals surface area contributed by atoms with Gasteiger partial charge in [0.15, 0.2) is 0 Å². The molecule has 0 aliphatic heterocycles. The van der Waals surface area contributed by atoms with Crippen LogP contribution in [0.1, 0.15) is 25.0 Å². The number of benzene rings is 11. The van der Waals surface area contributed by atoms with E-state index in [4.69, 9.17) is 8.83 Å². The molecular weight excluding hydrogens is 817 g/mol. The molecule has 13 aromatic rings. The molecule has 2 aromatic heterocycles. The number of anilines is 6. The highest BCUT2D eigenvalue weighted by molar-refractivity contribution is 6.22. The van der Waals surface area contributed by atoms with Gasteiger partial charge in [-0.25, -0.2) is 0 Å². The predicted octanol–water partition coefficient (Wildman–Crippen LogP) is 18.2. The van der Waals surface area contributed by atoms with E-state index in [0.717, 1.165) is 78.0 Å². The van der Waals surface area contributed by atoms with Crippen LogP contribution in [0.4, 0.5) is 34.1 Å². The summed E-state index contributed by atoms with van der Waals surface area (Å²) in [6.07, 6.45) is 0. The second-order valence-corrected chi connectivity index (χ2v) is 18.4. The van der Waals surface area contributed by atoms with Crippen molar-refractivity contribution in [1.82, 2.24) is 0 Å². The zero-order valence-electron chi connectivity index (χ0n) is 37.0. The van der Waals surface area contributed by atoms with Gasteiger partial charge in [0.05, 0.1) is 27.8 Å². The molecule has 11 aromatic carbocycles. The minimum atomic E-state index is -0.342. The van der Waals surface area contributed by atoms with Crippen LogP contribution in [0.5, 0.6) is 0 Å². The number of para-hydroxylation sites is 4. The van der Waals surface area contributed by atoms with Gasteiger partial charge in [-0.3, -0.25) is 0 Å². The number of rotatable bonds is 6. The first kappa shape index (κ1) is 37.7. The molecule has 0 N–H and O–H groups in total. The van der Waals surface area contributed by atoms with Crippen LogP contribution < -0.4 is 9.80 Å². The molecule has 1 aliphatic rings. The highest BCUT2D eigenvalue weighted by atomic mass is 16.3.